The van der Waals surface area contributed by atoms with Crippen molar-refractivity contribution in [2.45, 2.75) is 38.7 Å². The molecule has 0 aromatic heterocycles. The molecule has 120 valence electrons. The van der Waals surface area contributed by atoms with E-state index >= 15 is 0 Å². The number of hydrogen-bond acceptors (Lipinski definition) is 4. The van der Waals surface area contributed by atoms with Gasteiger partial charge in [0.05, 0.1) is 6.61 Å². The van der Waals surface area contributed by atoms with Crippen molar-refractivity contribution < 1.29 is 19.1 Å². The fourth-order valence-electron chi connectivity index (χ4n) is 2.37. The second kappa shape index (κ2) is 8.41. The van der Waals surface area contributed by atoms with Gasteiger partial charge in [-0.3, -0.25) is 4.79 Å². The van der Waals surface area contributed by atoms with E-state index in [0.717, 1.165) is 37.7 Å². The number of rotatable bonds is 6. The standard InChI is InChI=1S/C17H23NO4/c1-2-3-12-21-17(20)18-10-8-16(9-11-18)22-15-6-4-14(13-19)5-7-15/h4-7,13,16H,2-3,8-12H2,1H3. The molecule has 5 heteroatoms. The first-order valence-corrected chi connectivity index (χ1v) is 7.86. The molecular weight excluding hydrogens is 282 g/mol. The summed E-state index contributed by atoms with van der Waals surface area (Å²) in [5, 5.41) is 0. The maximum Gasteiger partial charge on any atom is 0.409 e. The zero-order valence-electron chi connectivity index (χ0n) is 13.0. The normalized spacial score (nSPS) is 15.4. The Balaban J connectivity index is 1.74. The Labute approximate surface area is 131 Å². The van der Waals surface area contributed by atoms with Crippen molar-refractivity contribution in [3.63, 3.8) is 0 Å². The van der Waals surface area contributed by atoms with Crippen LogP contribution >= 0.6 is 0 Å². The van der Waals surface area contributed by atoms with Crippen molar-refractivity contribution in [2.75, 3.05) is 19.7 Å². The molecule has 1 aliphatic rings. The van der Waals surface area contributed by atoms with Crippen molar-refractivity contribution in [1.29, 1.82) is 0 Å². The van der Waals surface area contributed by atoms with Crippen LogP contribution in [0.5, 0.6) is 5.75 Å². The molecule has 1 heterocycles. The lowest BCUT2D eigenvalue weighted by Crippen LogP contribution is -2.42. The summed E-state index contributed by atoms with van der Waals surface area (Å²) in [5.41, 5.74) is 0.636. The molecule has 0 aliphatic carbocycles. The van der Waals surface area contributed by atoms with Crippen LogP contribution < -0.4 is 4.74 Å². The molecule has 0 bridgehead atoms. The second-order valence-corrected chi connectivity index (χ2v) is 5.46. The average molecular weight is 305 g/mol. The lowest BCUT2D eigenvalue weighted by Gasteiger charge is -2.31. The van der Waals surface area contributed by atoms with E-state index in [9.17, 15) is 9.59 Å². The van der Waals surface area contributed by atoms with Gasteiger partial charge in [0, 0.05) is 31.5 Å². The largest absolute Gasteiger partial charge is 0.490 e. The SMILES string of the molecule is CCCCOC(=O)N1CCC(Oc2ccc(C=O)cc2)CC1. The van der Waals surface area contributed by atoms with E-state index in [4.69, 9.17) is 9.47 Å². The molecule has 1 saturated heterocycles. The zero-order valence-corrected chi connectivity index (χ0v) is 13.0. The number of piperidine rings is 1. The predicted octanol–water partition coefficient (Wildman–Crippen LogP) is 3.28. The quantitative estimate of drug-likeness (QED) is 0.598. The molecule has 1 fully saturated rings. The lowest BCUT2D eigenvalue weighted by molar-refractivity contribution is 0.0670. The third-order valence-electron chi connectivity index (χ3n) is 3.74. The Hall–Kier alpha value is -2.04. The van der Waals surface area contributed by atoms with Gasteiger partial charge in [0.1, 0.15) is 18.1 Å². The number of hydrogen-bond donors (Lipinski definition) is 0. The third-order valence-corrected chi connectivity index (χ3v) is 3.74. The van der Waals surface area contributed by atoms with Crippen LogP contribution in [-0.2, 0) is 4.74 Å². The van der Waals surface area contributed by atoms with Gasteiger partial charge in [0.25, 0.3) is 0 Å². The Morgan fingerprint density at radius 2 is 1.95 bits per heavy atom. The maximum absolute atomic E-state index is 11.8. The summed E-state index contributed by atoms with van der Waals surface area (Å²) >= 11 is 0. The van der Waals surface area contributed by atoms with Crippen LogP contribution in [0.15, 0.2) is 24.3 Å². The van der Waals surface area contributed by atoms with E-state index in [1.54, 1.807) is 29.2 Å². The summed E-state index contributed by atoms with van der Waals surface area (Å²) in [6, 6.07) is 7.08. The molecule has 1 amide bonds. The number of aldehydes is 1. The van der Waals surface area contributed by atoms with Gasteiger partial charge in [-0.1, -0.05) is 13.3 Å². The third kappa shape index (κ3) is 4.76. The van der Waals surface area contributed by atoms with Crippen LogP contribution in [0.25, 0.3) is 0 Å². The van der Waals surface area contributed by atoms with Crippen LogP contribution in [0.1, 0.15) is 43.0 Å². The van der Waals surface area contributed by atoms with E-state index in [1.807, 2.05) is 0 Å². The molecule has 22 heavy (non-hydrogen) atoms. The van der Waals surface area contributed by atoms with E-state index < -0.39 is 0 Å². The molecule has 0 unspecified atom stereocenters. The molecular formula is C17H23NO4. The summed E-state index contributed by atoms with van der Waals surface area (Å²) < 4.78 is 11.1. The molecule has 1 aromatic rings. The molecule has 0 radical (unpaired) electrons. The fraction of sp³-hybridized carbons (Fsp3) is 0.529. The molecule has 1 aromatic carbocycles. The highest BCUT2D eigenvalue weighted by atomic mass is 16.6. The summed E-state index contributed by atoms with van der Waals surface area (Å²) in [5.74, 6) is 0.759. The lowest BCUT2D eigenvalue weighted by atomic mass is 10.1. The van der Waals surface area contributed by atoms with E-state index in [1.165, 1.54) is 0 Å². The number of nitrogens with zero attached hydrogens (tertiary/aromatic N) is 1. The van der Waals surface area contributed by atoms with Gasteiger partial charge in [-0.2, -0.15) is 0 Å². The highest BCUT2D eigenvalue weighted by molar-refractivity contribution is 5.74. The van der Waals surface area contributed by atoms with E-state index in [0.29, 0.717) is 25.3 Å². The second-order valence-electron chi connectivity index (χ2n) is 5.46. The van der Waals surface area contributed by atoms with E-state index in [-0.39, 0.29) is 12.2 Å². The van der Waals surface area contributed by atoms with Gasteiger partial charge in [-0.15, -0.1) is 0 Å². The van der Waals surface area contributed by atoms with Gasteiger partial charge in [-0.25, -0.2) is 4.79 Å². The summed E-state index contributed by atoms with van der Waals surface area (Å²) in [6.45, 7) is 3.87. The first-order chi connectivity index (χ1) is 10.7. The number of likely N-dealkylation sites (tertiary alicyclic amines) is 1. The Bertz CT molecular complexity index is 478. The minimum Gasteiger partial charge on any atom is -0.490 e. The van der Waals surface area contributed by atoms with Crippen LogP contribution in [-0.4, -0.2) is 43.1 Å². The van der Waals surface area contributed by atoms with Crippen molar-refractivity contribution in [3.8, 4) is 5.75 Å². The fourth-order valence-corrected chi connectivity index (χ4v) is 2.37. The van der Waals surface area contributed by atoms with E-state index in [2.05, 4.69) is 6.92 Å². The van der Waals surface area contributed by atoms with Crippen molar-refractivity contribution in [2.24, 2.45) is 0 Å². The number of carbonyl (C=O) groups is 2. The van der Waals surface area contributed by atoms with Gasteiger partial charge < -0.3 is 14.4 Å². The van der Waals surface area contributed by atoms with Crippen molar-refractivity contribution in [3.05, 3.63) is 29.8 Å². The van der Waals surface area contributed by atoms with Gasteiger partial charge in [0.2, 0.25) is 0 Å². The molecule has 5 nitrogen and oxygen atoms in total. The number of carbonyl (C=O) groups excluding carboxylic acids is 2. The average Bonchev–Trinajstić information content (AvgIpc) is 2.56. The predicted molar refractivity (Wildman–Crippen MR) is 83.3 cm³/mol. The van der Waals surface area contributed by atoms with Gasteiger partial charge in [-0.05, 0) is 30.7 Å². The zero-order chi connectivity index (χ0) is 15.8. The van der Waals surface area contributed by atoms with Crippen molar-refractivity contribution >= 4 is 12.4 Å². The van der Waals surface area contributed by atoms with Crippen LogP contribution in [0, 0.1) is 0 Å². The smallest absolute Gasteiger partial charge is 0.409 e. The number of unbranched alkanes of at least 4 members (excludes halogenated alkanes) is 1. The van der Waals surface area contributed by atoms with Gasteiger partial charge in [0.15, 0.2) is 0 Å². The minimum atomic E-state index is -0.220. The number of ether oxygens (including phenoxy) is 2. The monoisotopic (exact) mass is 305 g/mol. The summed E-state index contributed by atoms with van der Waals surface area (Å²) in [4.78, 5) is 24.2. The number of benzene rings is 1. The first-order valence-electron chi connectivity index (χ1n) is 7.86. The molecule has 0 saturated carbocycles. The molecule has 1 aliphatic heterocycles. The van der Waals surface area contributed by atoms with Gasteiger partial charge >= 0.3 is 6.09 Å². The molecule has 0 spiro atoms. The topological polar surface area (TPSA) is 55.8 Å². The molecule has 0 atom stereocenters. The number of amides is 1. The highest BCUT2D eigenvalue weighted by Crippen LogP contribution is 2.19. The first kappa shape index (κ1) is 16.3. The Morgan fingerprint density at radius 1 is 1.27 bits per heavy atom. The summed E-state index contributed by atoms with van der Waals surface area (Å²) in [6.07, 6.45) is 4.20. The van der Waals surface area contributed by atoms with Crippen LogP contribution in [0.3, 0.4) is 0 Å². The summed E-state index contributed by atoms with van der Waals surface area (Å²) in [7, 11) is 0. The highest BCUT2D eigenvalue weighted by Gasteiger charge is 2.24. The minimum absolute atomic E-state index is 0.0989. The van der Waals surface area contributed by atoms with Crippen molar-refractivity contribution in [1.82, 2.24) is 4.90 Å². The van der Waals surface area contributed by atoms with Crippen LogP contribution in [0.4, 0.5) is 4.79 Å². The maximum atomic E-state index is 11.8. The Morgan fingerprint density at radius 3 is 2.55 bits per heavy atom. The Kier molecular flexibility index (Phi) is 6.25. The van der Waals surface area contributed by atoms with Crippen LogP contribution in [0.2, 0.25) is 0 Å². The molecule has 0 N–H and O–H groups in total. The molecule has 2 rings (SSSR count).